The molecule has 0 aromatic heterocycles. The van der Waals surface area contributed by atoms with Crippen molar-refractivity contribution < 1.29 is 18.4 Å². The van der Waals surface area contributed by atoms with E-state index in [0.717, 1.165) is 0 Å². The van der Waals surface area contributed by atoms with Crippen LogP contribution in [0.4, 0.5) is 0 Å². The van der Waals surface area contributed by atoms with Gasteiger partial charge in [-0.05, 0) is 13.8 Å². The maximum atomic E-state index is 11.3. The molecule has 0 aliphatic rings. The van der Waals surface area contributed by atoms with Crippen LogP contribution in [0, 0.1) is 0 Å². The normalized spacial score (nSPS) is 11.5. The molecule has 0 heterocycles. The van der Waals surface area contributed by atoms with Gasteiger partial charge in [0, 0.05) is 0 Å². The molecule has 4 nitrogen and oxygen atoms in total. The van der Waals surface area contributed by atoms with E-state index in [4.69, 9.17) is 9.05 Å². The zero-order valence-corrected chi connectivity index (χ0v) is 7.67. The predicted octanol–water partition coefficient (Wildman–Crippen LogP) is 1.45. The van der Waals surface area contributed by atoms with Crippen molar-refractivity contribution in [2.75, 3.05) is 19.4 Å². The van der Waals surface area contributed by atoms with E-state index < -0.39 is 7.60 Å². The van der Waals surface area contributed by atoms with Crippen LogP contribution in [0.25, 0.3) is 0 Å². The third-order valence-corrected chi connectivity index (χ3v) is 2.85. The highest BCUT2D eigenvalue weighted by molar-refractivity contribution is 7.54. The number of hydrogen-bond acceptors (Lipinski definition) is 4. The molecule has 0 bridgehead atoms. The molecule has 0 saturated carbocycles. The van der Waals surface area contributed by atoms with Crippen molar-refractivity contribution in [2.24, 2.45) is 0 Å². The Labute approximate surface area is 66.4 Å². The van der Waals surface area contributed by atoms with Crippen LogP contribution in [0.5, 0.6) is 0 Å². The summed E-state index contributed by atoms with van der Waals surface area (Å²) in [6, 6.07) is 0. The maximum Gasteiger partial charge on any atom is 0.337 e. The van der Waals surface area contributed by atoms with Gasteiger partial charge in [0.25, 0.3) is 0 Å². The highest BCUT2D eigenvalue weighted by atomic mass is 31.2. The summed E-state index contributed by atoms with van der Waals surface area (Å²) in [5, 5.41) is 0. The largest absolute Gasteiger partial charge is 0.337 e. The van der Waals surface area contributed by atoms with Gasteiger partial charge >= 0.3 is 7.60 Å². The summed E-state index contributed by atoms with van der Waals surface area (Å²) in [6.07, 6.45) is 0.390. The van der Waals surface area contributed by atoms with Gasteiger partial charge in [0.2, 0.25) is 0 Å². The summed E-state index contributed by atoms with van der Waals surface area (Å²) in [4.78, 5) is 10.0. The third-order valence-electron chi connectivity index (χ3n) is 0.950. The molecule has 0 rings (SSSR count). The lowest BCUT2D eigenvalue weighted by atomic mass is 10.9. The number of hydrogen-bond donors (Lipinski definition) is 0. The Bertz CT molecular complexity index is 147. The second-order valence-electron chi connectivity index (χ2n) is 1.80. The quantitative estimate of drug-likeness (QED) is 0.458. The van der Waals surface area contributed by atoms with E-state index in [0.29, 0.717) is 19.5 Å². The van der Waals surface area contributed by atoms with Crippen molar-refractivity contribution in [1.82, 2.24) is 0 Å². The van der Waals surface area contributed by atoms with Gasteiger partial charge in [-0.1, -0.05) is 0 Å². The van der Waals surface area contributed by atoms with Crippen molar-refractivity contribution in [3.63, 3.8) is 0 Å². The molecule has 0 fully saturated rings. The molecule has 0 amide bonds. The summed E-state index contributed by atoms with van der Waals surface area (Å²) in [5.41, 5.74) is 0. The molecule has 0 aromatic rings. The molecule has 0 aliphatic heterocycles. The smallest absolute Gasteiger partial charge is 0.309 e. The van der Waals surface area contributed by atoms with Gasteiger partial charge in [0.05, 0.1) is 13.2 Å². The molecule has 0 saturated heterocycles. The molecule has 11 heavy (non-hydrogen) atoms. The average Bonchev–Trinajstić information content (AvgIpc) is 1.88. The SMILES string of the molecule is CCOP(=O)(CC=O)OCC. The summed E-state index contributed by atoms with van der Waals surface area (Å²) in [5.74, 6) is 0. The second kappa shape index (κ2) is 5.47. The van der Waals surface area contributed by atoms with Crippen molar-refractivity contribution in [3.05, 3.63) is 0 Å². The average molecular weight is 180 g/mol. The Morgan fingerprint density at radius 2 is 1.73 bits per heavy atom. The van der Waals surface area contributed by atoms with Gasteiger partial charge in [0.1, 0.15) is 12.4 Å². The Kier molecular flexibility index (Phi) is 5.38. The fourth-order valence-electron chi connectivity index (χ4n) is 0.627. The molecule has 0 N–H and O–H groups in total. The van der Waals surface area contributed by atoms with E-state index in [-0.39, 0.29) is 6.16 Å². The zero-order valence-electron chi connectivity index (χ0n) is 6.78. The molecule has 0 aliphatic carbocycles. The van der Waals surface area contributed by atoms with Crippen LogP contribution < -0.4 is 0 Å². The Hall–Kier alpha value is -0.180. The second-order valence-corrected chi connectivity index (χ2v) is 3.90. The third kappa shape index (κ3) is 4.30. The Morgan fingerprint density at radius 1 is 1.27 bits per heavy atom. The number of rotatable bonds is 6. The van der Waals surface area contributed by atoms with E-state index in [1.807, 2.05) is 0 Å². The van der Waals surface area contributed by atoms with Gasteiger partial charge in [-0.25, -0.2) is 0 Å². The van der Waals surface area contributed by atoms with Crippen LogP contribution in [-0.4, -0.2) is 25.7 Å². The molecular formula is C6H13O4P. The van der Waals surface area contributed by atoms with Crippen molar-refractivity contribution >= 4 is 13.9 Å². The van der Waals surface area contributed by atoms with Crippen molar-refractivity contribution in [1.29, 1.82) is 0 Å². The van der Waals surface area contributed by atoms with Crippen LogP contribution in [0.1, 0.15) is 13.8 Å². The summed E-state index contributed by atoms with van der Waals surface area (Å²) in [7, 11) is -3.09. The van der Waals surface area contributed by atoms with Crippen molar-refractivity contribution in [3.8, 4) is 0 Å². The summed E-state index contributed by atoms with van der Waals surface area (Å²) in [6.45, 7) is 4.00. The summed E-state index contributed by atoms with van der Waals surface area (Å²) < 4.78 is 21.0. The van der Waals surface area contributed by atoms with E-state index in [9.17, 15) is 9.36 Å². The van der Waals surface area contributed by atoms with E-state index in [1.54, 1.807) is 13.8 Å². The van der Waals surface area contributed by atoms with Gasteiger partial charge < -0.3 is 13.8 Å². The first kappa shape index (κ1) is 10.8. The number of carbonyl (C=O) groups is 1. The van der Waals surface area contributed by atoms with Crippen LogP contribution in [0.15, 0.2) is 0 Å². The molecule has 5 heteroatoms. The predicted molar refractivity (Wildman–Crippen MR) is 41.8 cm³/mol. The standard InChI is InChI=1S/C6H13O4P/c1-3-9-11(8,6-5-7)10-4-2/h5H,3-4,6H2,1-2H3. The van der Waals surface area contributed by atoms with Crippen molar-refractivity contribution in [2.45, 2.75) is 13.8 Å². The molecule has 0 aromatic carbocycles. The fourth-order valence-corrected chi connectivity index (χ4v) is 1.88. The van der Waals surface area contributed by atoms with Gasteiger partial charge in [-0.15, -0.1) is 0 Å². The zero-order chi connectivity index (χ0) is 8.74. The molecule has 0 unspecified atom stereocenters. The lowest BCUT2D eigenvalue weighted by Crippen LogP contribution is -2.00. The molecule has 0 spiro atoms. The minimum atomic E-state index is -3.09. The molecule has 66 valence electrons. The lowest BCUT2D eigenvalue weighted by molar-refractivity contribution is -0.106. The Balaban J connectivity index is 4.01. The van der Waals surface area contributed by atoms with Crippen LogP contribution >= 0.6 is 7.60 Å². The number of aldehydes is 1. The monoisotopic (exact) mass is 180 g/mol. The molecule has 0 radical (unpaired) electrons. The minimum Gasteiger partial charge on any atom is -0.309 e. The Morgan fingerprint density at radius 3 is 2.00 bits per heavy atom. The number of carbonyl (C=O) groups excluding carboxylic acids is 1. The maximum absolute atomic E-state index is 11.3. The van der Waals surface area contributed by atoms with Gasteiger partial charge in [0.15, 0.2) is 0 Å². The summed E-state index contributed by atoms with van der Waals surface area (Å²) >= 11 is 0. The first-order valence-corrected chi connectivity index (χ1v) is 5.23. The lowest BCUT2D eigenvalue weighted by Gasteiger charge is -2.13. The first-order valence-electron chi connectivity index (χ1n) is 3.50. The van der Waals surface area contributed by atoms with Gasteiger partial charge in [-0.2, -0.15) is 0 Å². The first-order chi connectivity index (χ1) is 5.18. The van der Waals surface area contributed by atoms with E-state index >= 15 is 0 Å². The molecule has 0 atom stereocenters. The highest BCUT2D eigenvalue weighted by Crippen LogP contribution is 2.46. The van der Waals surface area contributed by atoms with Crippen LogP contribution in [0.3, 0.4) is 0 Å². The van der Waals surface area contributed by atoms with E-state index in [1.165, 1.54) is 0 Å². The van der Waals surface area contributed by atoms with Gasteiger partial charge in [-0.3, -0.25) is 4.57 Å². The molecular weight excluding hydrogens is 167 g/mol. The van der Waals surface area contributed by atoms with Crippen LogP contribution in [-0.2, 0) is 18.4 Å². The van der Waals surface area contributed by atoms with Crippen LogP contribution in [0.2, 0.25) is 0 Å². The topological polar surface area (TPSA) is 52.6 Å². The highest BCUT2D eigenvalue weighted by Gasteiger charge is 2.21. The minimum absolute atomic E-state index is 0.158. The fraction of sp³-hybridized carbons (Fsp3) is 0.833. The van der Waals surface area contributed by atoms with E-state index in [2.05, 4.69) is 0 Å².